The number of aliphatic hydroxyl groups is 1. The highest BCUT2D eigenvalue weighted by atomic mass is 19.1. The Morgan fingerprint density at radius 3 is 2.89 bits per heavy atom. The van der Waals surface area contributed by atoms with Crippen molar-refractivity contribution < 1.29 is 19.4 Å². The lowest BCUT2D eigenvalue weighted by Crippen LogP contribution is -2.20. The predicted molar refractivity (Wildman–Crippen MR) is 68.4 cm³/mol. The van der Waals surface area contributed by atoms with Gasteiger partial charge in [-0.05, 0) is 43.0 Å². The second-order valence-electron chi connectivity index (χ2n) is 5.02. The Kier molecular flexibility index (Phi) is 4.50. The summed E-state index contributed by atoms with van der Waals surface area (Å²) in [4.78, 5) is 12.9. The van der Waals surface area contributed by atoms with E-state index in [1.165, 1.54) is 12.1 Å². The van der Waals surface area contributed by atoms with Crippen molar-refractivity contribution in [2.75, 3.05) is 19.7 Å². The Bertz CT molecular complexity index is 464. The normalized spacial score (nSPS) is 19.8. The van der Waals surface area contributed by atoms with E-state index in [1.54, 1.807) is 6.07 Å². The SMILES string of the molecule is O=C(O)c1ccc(CN2CCC(CCO)C2)cc1F. The van der Waals surface area contributed by atoms with E-state index in [-0.39, 0.29) is 12.2 Å². The van der Waals surface area contributed by atoms with Crippen LogP contribution in [-0.2, 0) is 6.54 Å². The monoisotopic (exact) mass is 267 g/mol. The average molecular weight is 267 g/mol. The number of carboxylic acid groups (broad SMARTS) is 1. The number of aliphatic hydroxyl groups excluding tert-OH is 1. The molecule has 19 heavy (non-hydrogen) atoms. The van der Waals surface area contributed by atoms with Gasteiger partial charge in [0.1, 0.15) is 5.82 Å². The van der Waals surface area contributed by atoms with E-state index in [4.69, 9.17) is 10.2 Å². The first-order valence-electron chi connectivity index (χ1n) is 6.45. The maximum atomic E-state index is 13.5. The van der Waals surface area contributed by atoms with Gasteiger partial charge in [-0.2, -0.15) is 0 Å². The molecule has 1 unspecified atom stereocenters. The van der Waals surface area contributed by atoms with E-state index in [0.29, 0.717) is 12.5 Å². The van der Waals surface area contributed by atoms with Gasteiger partial charge in [0.05, 0.1) is 5.56 Å². The fourth-order valence-corrected chi connectivity index (χ4v) is 2.56. The first-order chi connectivity index (χ1) is 9.10. The summed E-state index contributed by atoms with van der Waals surface area (Å²) in [6.45, 7) is 2.68. The topological polar surface area (TPSA) is 60.8 Å². The smallest absolute Gasteiger partial charge is 0.338 e. The predicted octanol–water partition coefficient (Wildman–Crippen LogP) is 1.73. The maximum Gasteiger partial charge on any atom is 0.338 e. The molecule has 1 aliphatic heterocycles. The highest BCUT2D eigenvalue weighted by Gasteiger charge is 2.22. The van der Waals surface area contributed by atoms with Crippen molar-refractivity contribution in [3.8, 4) is 0 Å². The summed E-state index contributed by atoms with van der Waals surface area (Å²) in [5.74, 6) is -1.42. The van der Waals surface area contributed by atoms with Gasteiger partial charge in [0.2, 0.25) is 0 Å². The largest absolute Gasteiger partial charge is 0.478 e. The van der Waals surface area contributed by atoms with E-state index in [9.17, 15) is 9.18 Å². The molecule has 0 radical (unpaired) electrons. The van der Waals surface area contributed by atoms with Gasteiger partial charge in [-0.15, -0.1) is 0 Å². The molecule has 0 amide bonds. The Balaban J connectivity index is 1.97. The van der Waals surface area contributed by atoms with Gasteiger partial charge in [0.25, 0.3) is 0 Å². The maximum absolute atomic E-state index is 13.5. The highest BCUT2D eigenvalue weighted by molar-refractivity contribution is 5.87. The number of rotatable bonds is 5. The van der Waals surface area contributed by atoms with Crippen LogP contribution in [0.5, 0.6) is 0 Å². The van der Waals surface area contributed by atoms with Crippen LogP contribution in [0.3, 0.4) is 0 Å². The molecule has 2 rings (SSSR count). The molecule has 0 saturated carbocycles. The van der Waals surface area contributed by atoms with E-state index >= 15 is 0 Å². The van der Waals surface area contributed by atoms with E-state index < -0.39 is 11.8 Å². The van der Waals surface area contributed by atoms with Crippen LogP contribution in [0.1, 0.15) is 28.8 Å². The summed E-state index contributed by atoms with van der Waals surface area (Å²) in [7, 11) is 0. The minimum Gasteiger partial charge on any atom is -0.478 e. The van der Waals surface area contributed by atoms with Gasteiger partial charge in [-0.25, -0.2) is 9.18 Å². The minimum atomic E-state index is -1.24. The third kappa shape index (κ3) is 3.52. The molecule has 1 aromatic carbocycles. The van der Waals surface area contributed by atoms with Crippen LogP contribution in [0, 0.1) is 11.7 Å². The zero-order chi connectivity index (χ0) is 13.8. The van der Waals surface area contributed by atoms with E-state index in [0.717, 1.165) is 31.5 Å². The van der Waals surface area contributed by atoms with Crippen molar-refractivity contribution in [2.45, 2.75) is 19.4 Å². The van der Waals surface area contributed by atoms with Crippen molar-refractivity contribution in [2.24, 2.45) is 5.92 Å². The van der Waals surface area contributed by atoms with Crippen LogP contribution in [0.4, 0.5) is 4.39 Å². The van der Waals surface area contributed by atoms with Crippen molar-refractivity contribution in [1.29, 1.82) is 0 Å². The van der Waals surface area contributed by atoms with Crippen LogP contribution in [-0.4, -0.2) is 40.8 Å². The summed E-state index contributed by atoms with van der Waals surface area (Å²) in [5, 5.41) is 17.7. The van der Waals surface area contributed by atoms with Crippen molar-refractivity contribution >= 4 is 5.97 Å². The lowest BCUT2D eigenvalue weighted by atomic mass is 10.1. The third-order valence-electron chi connectivity index (χ3n) is 3.58. The van der Waals surface area contributed by atoms with Crippen LogP contribution in [0.15, 0.2) is 18.2 Å². The Labute approximate surface area is 111 Å². The molecule has 0 bridgehead atoms. The number of nitrogens with zero attached hydrogens (tertiary/aromatic N) is 1. The van der Waals surface area contributed by atoms with Gasteiger partial charge < -0.3 is 10.2 Å². The molecule has 0 aliphatic carbocycles. The second kappa shape index (κ2) is 6.12. The molecule has 1 heterocycles. The summed E-state index contributed by atoms with van der Waals surface area (Å²) >= 11 is 0. The molecule has 1 aromatic rings. The number of aromatic carboxylic acids is 1. The number of halogens is 1. The van der Waals surface area contributed by atoms with Crippen LogP contribution >= 0.6 is 0 Å². The molecule has 0 aromatic heterocycles. The summed E-state index contributed by atoms with van der Waals surface area (Å²) in [5.41, 5.74) is 0.496. The number of carbonyl (C=O) groups is 1. The summed E-state index contributed by atoms with van der Waals surface area (Å²) in [6.07, 6.45) is 1.86. The van der Waals surface area contributed by atoms with E-state index in [1.807, 2.05) is 0 Å². The number of hydrogen-bond acceptors (Lipinski definition) is 3. The molecular formula is C14H18FNO3. The van der Waals surface area contributed by atoms with Crippen molar-refractivity contribution in [3.63, 3.8) is 0 Å². The number of likely N-dealkylation sites (tertiary alicyclic amines) is 1. The number of carboxylic acids is 1. The number of benzene rings is 1. The quantitative estimate of drug-likeness (QED) is 0.853. The van der Waals surface area contributed by atoms with Crippen LogP contribution in [0.25, 0.3) is 0 Å². The summed E-state index contributed by atoms with van der Waals surface area (Å²) < 4.78 is 13.5. The Morgan fingerprint density at radius 1 is 1.47 bits per heavy atom. The molecule has 1 fully saturated rings. The standard InChI is InChI=1S/C14H18FNO3/c15-13-7-11(1-2-12(13)14(18)19)9-16-5-3-10(8-16)4-6-17/h1-2,7,10,17H,3-6,8-9H2,(H,18,19). The Hall–Kier alpha value is -1.46. The van der Waals surface area contributed by atoms with Crippen molar-refractivity contribution in [3.05, 3.63) is 35.1 Å². The zero-order valence-electron chi connectivity index (χ0n) is 10.7. The van der Waals surface area contributed by atoms with Gasteiger partial charge in [-0.1, -0.05) is 6.07 Å². The van der Waals surface area contributed by atoms with Crippen molar-refractivity contribution in [1.82, 2.24) is 4.90 Å². The van der Waals surface area contributed by atoms with Gasteiger partial charge >= 0.3 is 5.97 Å². The molecule has 5 heteroatoms. The lowest BCUT2D eigenvalue weighted by molar-refractivity contribution is 0.0692. The highest BCUT2D eigenvalue weighted by Crippen LogP contribution is 2.21. The fourth-order valence-electron chi connectivity index (χ4n) is 2.56. The van der Waals surface area contributed by atoms with Gasteiger partial charge in [0.15, 0.2) is 0 Å². The van der Waals surface area contributed by atoms with Gasteiger partial charge in [0, 0.05) is 19.7 Å². The van der Waals surface area contributed by atoms with Gasteiger partial charge in [-0.3, -0.25) is 4.90 Å². The zero-order valence-corrected chi connectivity index (χ0v) is 10.7. The molecule has 1 aliphatic rings. The average Bonchev–Trinajstić information content (AvgIpc) is 2.76. The minimum absolute atomic E-state index is 0.209. The molecule has 1 saturated heterocycles. The summed E-state index contributed by atoms with van der Waals surface area (Å²) in [6, 6.07) is 4.27. The van der Waals surface area contributed by atoms with E-state index in [2.05, 4.69) is 4.90 Å². The molecule has 4 nitrogen and oxygen atoms in total. The lowest BCUT2D eigenvalue weighted by Gasteiger charge is -2.16. The number of hydrogen-bond donors (Lipinski definition) is 2. The first-order valence-corrected chi connectivity index (χ1v) is 6.45. The molecule has 1 atom stereocenters. The van der Waals surface area contributed by atoms with Crippen LogP contribution in [0.2, 0.25) is 0 Å². The fraction of sp³-hybridized carbons (Fsp3) is 0.500. The molecule has 0 spiro atoms. The molecular weight excluding hydrogens is 249 g/mol. The molecule has 104 valence electrons. The third-order valence-corrected chi connectivity index (χ3v) is 3.58. The Morgan fingerprint density at radius 2 is 2.26 bits per heavy atom. The first kappa shape index (κ1) is 14.0. The second-order valence-corrected chi connectivity index (χ2v) is 5.02. The van der Waals surface area contributed by atoms with Crippen LogP contribution < -0.4 is 0 Å². The molecule has 2 N–H and O–H groups in total.